The van der Waals surface area contributed by atoms with Crippen molar-refractivity contribution >= 4 is 60.2 Å². The van der Waals surface area contributed by atoms with Crippen LogP contribution in [0.15, 0.2) is 237 Å². The first-order valence-corrected chi connectivity index (χ1v) is 23.8. The van der Waals surface area contributed by atoms with Gasteiger partial charge in [-0.1, -0.05) is 220 Å². The van der Waals surface area contributed by atoms with Crippen molar-refractivity contribution in [2.24, 2.45) is 0 Å². The third-order valence-corrected chi connectivity index (χ3v) is 15.2. The van der Waals surface area contributed by atoms with Crippen molar-refractivity contribution in [3.05, 3.63) is 248 Å². The first kappa shape index (κ1) is 38.7. The van der Waals surface area contributed by atoms with E-state index in [0.29, 0.717) is 0 Å². The Labute approximate surface area is 396 Å². The van der Waals surface area contributed by atoms with Gasteiger partial charge in [0.25, 0.3) is 0 Å². The molecule has 0 saturated heterocycles. The highest BCUT2D eigenvalue weighted by Gasteiger charge is 2.39. The quantitative estimate of drug-likeness (QED) is 0.159. The molecule has 0 radical (unpaired) electrons. The number of benzene rings is 12. The Morgan fingerprint density at radius 3 is 1.29 bits per heavy atom. The fourth-order valence-electron chi connectivity index (χ4n) is 12.1. The molecule has 0 unspecified atom stereocenters. The van der Waals surface area contributed by atoms with Crippen LogP contribution in [-0.2, 0) is 5.41 Å². The van der Waals surface area contributed by atoms with E-state index in [0.717, 1.165) is 17.1 Å². The number of hydrogen-bond acceptors (Lipinski definition) is 1. The topological polar surface area (TPSA) is 3.24 Å². The minimum atomic E-state index is -0.310. The lowest BCUT2D eigenvalue weighted by Gasteiger charge is -2.34. The summed E-state index contributed by atoms with van der Waals surface area (Å²) in [5.74, 6) is 0. The average Bonchev–Trinajstić information content (AvgIpc) is 3.62. The van der Waals surface area contributed by atoms with Crippen molar-refractivity contribution in [3.63, 3.8) is 0 Å². The highest BCUT2D eigenvalue weighted by atomic mass is 15.1. The molecular weight excluding hydrogens is 819 g/mol. The summed E-state index contributed by atoms with van der Waals surface area (Å²) in [6.07, 6.45) is 0. The molecule has 0 aliphatic heterocycles. The molecule has 14 rings (SSSR count). The summed E-state index contributed by atoms with van der Waals surface area (Å²) in [7, 11) is 0. The molecule has 0 heterocycles. The number of hydrogen-bond donors (Lipinski definition) is 0. The molecule has 2 aliphatic rings. The normalized spacial score (nSPS) is 13.0. The van der Waals surface area contributed by atoms with Crippen LogP contribution in [0, 0.1) is 0 Å². The largest absolute Gasteiger partial charge is 0.309 e. The maximum atomic E-state index is 2.60. The summed E-state index contributed by atoms with van der Waals surface area (Å²) in [6.45, 7) is 4.88. The lowest BCUT2D eigenvalue weighted by atomic mass is 9.79. The molecule has 0 bridgehead atoms. The van der Waals surface area contributed by atoms with Crippen LogP contribution in [-0.4, -0.2) is 0 Å². The average molecular weight is 864 g/mol. The van der Waals surface area contributed by atoms with Crippen LogP contribution in [0.5, 0.6) is 0 Å². The van der Waals surface area contributed by atoms with Gasteiger partial charge in [0.1, 0.15) is 0 Å². The number of fused-ring (bicyclic) bond motifs is 19. The van der Waals surface area contributed by atoms with Gasteiger partial charge in [0.2, 0.25) is 0 Å². The maximum Gasteiger partial charge on any atom is 0.0547 e. The Morgan fingerprint density at radius 2 is 0.676 bits per heavy atom. The predicted molar refractivity (Wildman–Crippen MR) is 289 cm³/mol. The minimum absolute atomic E-state index is 0.310. The molecule has 2 aliphatic carbocycles. The fourth-order valence-corrected chi connectivity index (χ4v) is 12.1. The van der Waals surface area contributed by atoms with Crippen molar-refractivity contribution in [2.45, 2.75) is 19.3 Å². The van der Waals surface area contributed by atoms with Crippen LogP contribution < -0.4 is 4.90 Å². The zero-order valence-corrected chi connectivity index (χ0v) is 38.0. The molecule has 1 nitrogen and oxygen atoms in total. The van der Waals surface area contributed by atoms with Gasteiger partial charge >= 0.3 is 0 Å². The first-order valence-electron chi connectivity index (χ1n) is 23.8. The van der Waals surface area contributed by atoms with E-state index in [9.17, 15) is 0 Å². The second-order valence-electron chi connectivity index (χ2n) is 19.1. The number of anilines is 3. The maximum absolute atomic E-state index is 2.60. The van der Waals surface area contributed by atoms with Crippen molar-refractivity contribution in [1.82, 2.24) is 0 Å². The number of nitrogens with zero attached hydrogens (tertiary/aromatic N) is 1. The van der Waals surface area contributed by atoms with E-state index in [1.807, 2.05) is 0 Å². The fraction of sp³-hybridized carbons (Fsp3) is 0.0448. The van der Waals surface area contributed by atoms with Crippen LogP contribution in [0.25, 0.3) is 110 Å². The van der Waals surface area contributed by atoms with E-state index < -0.39 is 0 Å². The minimum Gasteiger partial charge on any atom is -0.309 e. The molecule has 1 heteroatoms. The SMILES string of the molecule is CC1(C)c2cc3c4ccccc4c4ccccc4c3cc2-c2c1cc(N(c1ccccc1-c1ccccc1)c1cccc3c1-c1ccccc1-c1ccccc1-c1ccccc1-3)c1ccccc21. The van der Waals surface area contributed by atoms with Crippen LogP contribution in [0.1, 0.15) is 25.0 Å². The summed E-state index contributed by atoms with van der Waals surface area (Å²) in [6, 6.07) is 88.5. The molecule has 0 fully saturated rings. The summed E-state index contributed by atoms with van der Waals surface area (Å²) in [5.41, 5.74) is 20.6. The Balaban J connectivity index is 1.11. The molecule has 0 spiro atoms. The van der Waals surface area contributed by atoms with Gasteiger partial charge in [-0.2, -0.15) is 0 Å². The van der Waals surface area contributed by atoms with E-state index in [1.165, 1.54) is 121 Å². The van der Waals surface area contributed by atoms with Gasteiger partial charge in [-0.05, 0) is 135 Å². The molecule has 318 valence electrons. The second-order valence-corrected chi connectivity index (χ2v) is 19.1. The molecule has 0 N–H and O–H groups in total. The van der Waals surface area contributed by atoms with Gasteiger partial charge in [-0.15, -0.1) is 0 Å². The van der Waals surface area contributed by atoms with Crippen molar-refractivity contribution in [3.8, 4) is 66.8 Å². The Hall–Kier alpha value is -8.52. The van der Waals surface area contributed by atoms with Crippen LogP contribution in [0.3, 0.4) is 0 Å². The molecule has 12 aromatic carbocycles. The van der Waals surface area contributed by atoms with Crippen molar-refractivity contribution < 1.29 is 0 Å². The Morgan fingerprint density at radius 1 is 0.250 bits per heavy atom. The van der Waals surface area contributed by atoms with Crippen LogP contribution in [0.2, 0.25) is 0 Å². The Kier molecular flexibility index (Phi) is 8.40. The summed E-state index contributed by atoms with van der Waals surface area (Å²) < 4.78 is 0. The lowest BCUT2D eigenvalue weighted by Crippen LogP contribution is -2.18. The molecule has 0 saturated carbocycles. The summed E-state index contributed by atoms with van der Waals surface area (Å²) in [4.78, 5) is 2.60. The Bertz CT molecular complexity index is 4050. The molecular formula is C67H45N. The van der Waals surface area contributed by atoms with E-state index in [2.05, 4.69) is 255 Å². The van der Waals surface area contributed by atoms with Gasteiger partial charge in [0.05, 0.1) is 17.1 Å². The van der Waals surface area contributed by atoms with Gasteiger partial charge in [-0.3, -0.25) is 0 Å². The van der Waals surface area contributed by atoms with E-state index >= 15 is 0 Å². The molecule has 0 atom stereocenters. The standard InChI is InChI=1S/C67H45N/c1-67(2)60-40-58-52-32-13-10-28-48(52)47-27-9-12-31-51(47)57(58)39-59(60)65-56-35-17-15-33-53(56)64(41-61(65)67)68(62-37-19-18-23-43(62)42-21-4-3-5-22-42)63-38-20-36-55-50-29-11-8-26-46(50)44-24-6-7-25-45(44)49-30-14-16-34-54(49)66(55)63/h3-41H,1-2H3. The summed E-state index contributed by atoms with van der Waals surface area (Å²) in [5, 5.41) is 10.3. The smallest absolute Gasteiger partial charge is 0.0547 e. The number of para-hydroxylation sites is 1. The first-order chi connectivity index (χ1) is 33.5. The van der Waals surface area contributed by atoms with Crippen LogP contribution in [0.4, 0.5) is 17.1 Å². The summed E-state index contributed by atoms with van der Waals surface area (Å²) >= 11 is 0. The monoisotopic (exact) mass is 863 g/mol. The van der Waals surface area contributed by atoms with Crippen molar-refractivity contribution in [1.29, 1.82) is 0 Å². The highest BCUT2D eigenvalue weighted by molar-refractivity contribution is 6.27. The molecule has 0 amide bonds. The van der Waals surface area contributed by atoms with Crippen LogP contribution >= 0.6 is 0 Å². The van der Waals surface area contributed by atoms with Crippen molar-refractivity contribution in [2.75, 3.05) is 4.90 Å². The predicted octanol–water partition coefficient (Wildman–Crippen LogP) is 18.7. The van der Waals surface area contributed by atoms with Gasteiger partial charge in [-0.25, -0.2) is 0 Å². The zero-order chi connectivity index (χ0) is 45.1. The molecule has 0 aromatic heterocycles. The zero-order valence-electron chi connectivity index (χ0n) is 38.0. The third-order valence-electron chi connectivity index (χ3n) is 15.2. The molecule has 12 aromatic rings. The van der Waals surface area contributed by atoms with Gasteiger partial charge < -0.3 is 4.90 Å². The van der Waals surface area contributed by atoms with E-state index in [1.54, 1.807) is 0 Å². The van der Waals surface area contributed by atoms with E-state index in [-0.39, 0.29) is 5.41 Å². The lowest BCUT2D eigenvalue weighted by molar-refractivity contribution is 0.662. The number of rotatable bonds is 4. The molecule has 68 heavy (non-hydrogen) atoms. The van der Waals surface area contributed by atoms with Gasteiger partial charge in [0.15, 0.2) is 0 Å². The third kappa shape index (κ3) is 5.51. The van der Waals surface area contributed by atoms with E-state index in [4.69, 9.17) is 0 Å². The second kappa shape index (κ2) is 14.7. The highest BCUT2D eigenvalue weighted by Crippen LogP contribution is 2.59. The van der Waals surface area contributed by atoms with Gasteiger partial charge in [0, 0.05) is 21.9 Å².